The number of carbonyl (C=O) groups excluding carboxylic acids is 1. The second-order valence-electron chi connectivity index (χ2n) is 3.71. The highest BCUT2D eigenvalue weighted by atomic mass is 35.5. The second kappa shape index (κ2) is 4.66. The molecule has 7 heteroatoms. The third kappa shape index (κ3) is 2.11. The number of benzene rings is 1. The minimum Gasteiger partial charge on any atom is -0.293 e. The largest absolute Gasteiger partial charge is 0.293 e. The van der Waals surface area contributed by atoms with Crippen LogP contribution in [-0.4, -0.2) is 20.8 Å². The molecule has 0 amide bonds. The molecule has 1 aromatic heterocycles. The summed E-state index contributed by atoms with van der Waals surface area (Å²) in [6, 6.07) is 2.24. The molecule has 94 valence electrons. The third-order valence-electron chi connectivity index (χ3n) is 2.42. The lowest BCUT2D eigenvalue weighted by atomic mass is 10.2. The van der Waals surface area contributed by atoms with Crippen LogP contribution in [0.4, 0.5) is 4.39 Å². The van der Waals surface area contributed by atoms with Crippen LogP contribution >= 0.6 is 23.2 Å². The van der Waals surface area contributed by atoms with Gasteiger partial charge >= 0.3 is 0 Å². The number of nitrogens with zero attached hydrogens (tertiary/aromatic N) is 3. The first kappa shape index (κ1) is 13.0. The van der Waals surface area contributed by atoms with Gasteiger partial charge in [0.25, 0.3) is 0 Å². The lowest BCUT2D eigenvalue weighted by molar-refractivity contribution is 0.101. The van der Waals surface area contributed by atoms with E-state index >= 15 is 0 Å². The van der Waals surface area contributed by atoms with Crippen molar-refractivity contribution in [3.8, 4) is 5.69 Å². The van der Waals surface area contributed by atoms with Crippen LogP contribution < -0.4 is 0 Å². The van der Waals surface area contributed by atoms with Crippen molar-refractivity contribution in [3.63, 3.8) is 0 Å². The highest BCUT2D eigenvalue weighted by Gasteiger charge is 2.18. The molecule has 2 aromatic rings. The zero-order chi connectivity index (χ0) is 13.4. The van der Waals surface area contributed by atoms with Crippen LogP contribution in [0.2, 0.25) is 10.0 Å². The summed E-state index contributed by atoms with van der Waals surface area (Å²) < 4.78 is 14.4. The molecule has 0 spiro atoms. The van der Waals surface area contributed by atoms with Crippen LogP contribution in [0.15, 0.2) is 12.1 Å². The first-order chi connectivity index (χ1) is 8.41. The Balaban J connectivity index is 2.67. The average molecular weight is 288 g/mol. The summed E-state index contributed by atoms with van der Waals surface area (Å²) in [6.45, 7) is 3.04. The maximum Gasteiger partial charge on any atom is 0.181 e. The number of hydrogen-bond acceptors (Lipinski definition) is 3. The van der Waals surface area contributed by atoms with Crippen molar-refractivity contribution < 1.29 is 9.18 Å². The summed E-state index contributed by atoms with van der Waals surface area (Å²) in [5.74, 6) is -0.758. The standard InChI is InChI=1S/C11H8Cl2FN3O/c1-5-10(6(2)18)15-16-17(5)11-8(12)3-7(14)4-9(11)13/h3-4H,1-2H3. The van der Waals surface area contributed by atoms with Gasteiger partial charge in [-0.1, -0.05) is 28.4 Å². The molecule has 0 saturated carbocycles. The summed E-state index contributed by atoms with van der Waals surface area (Å²) >= 11 is 11.9. The van der Waals surface area contributed by atoms with Gasteiger partial charge in [-0.3, -0.25) is 4.79 Å². The van der Waals surface area contributed by atoms with Gasteiger partial charge in [-0.05, 0) is 19.1 Å². The van der Waals surface area contributed by atoms with Gasteiger partial charge in [0.05, 0.1) is 15.7 Å². The Morgan fingerprint density at radius 3 is 2.33 bits per heavy atom. The maximum atomic E-state index is 13.1. The molecular weight excluding hydrogens is 280 g/mol. The number of aromatic nitrogens is 3. The van der Waals surface area contributed by atoms with E-state index in [4.69, 9.17) is 23.2 Å². The predicted octanol–water partition coefficient (Wildman–Crippen LogP) is 3.22. The Hall–Kier alpha value is -1.46. The fraction of sp³-hybridized carbons (Fsp3) is 0.182. The number of halogens is 3. The van der Waals surface area contributed by atoms with Crippen molar-refractivity contribution in [2.24, 2.45) is 0 Å². The zero-order valence-corrected chi connectivity index (χ0v) is 11.1. The van der Waals surface area contributed by atoms with E-state index in [0.717, 1.165) is 12.1 Å². The SMILES string of the molecule is CC(=O)c1nnn(-c2c(Cl)cc(F)cc2Cl)c1C. The van der Waals surface area contributed by atoms with Gasteiger partial charge in [0.2, 0.25) is 0 Å². The smallest absolute Gasteiger partial charge is 0.181 e. The normalized spacial score (nSPS) is 10.7. The summed E-state index contributed by atoms with van der Waals surface area (Å²) in [5.41, 5.74) is 1.03. The monoisotopic (exact) mass is 287 g/mol. The molecule has 0 bridgehead atoms. The zero-order valence-electron chi connectivity index (χ0n) is 9.54. The molecule has 0 aliphatic carbocycles. The molecule has 0 unspecified atom stereocenters. The Kier molecular flexibility index (Phi) is 3.36. The fourth-order valence-electron chi connectivity index (χ4n) is 1.60. The molecule has 0 aliphatic rings. The van der Waals surface area contributed by atoms with E-state index in [1.54, 1.807) is 6.92 Å². The van der Waals surface area contributed by atoms with E-state index in [2.05, 4.69) is 10.3 Å². The van der Waals surface area contributed by atoms with Crippen LogP contribution in [0.25, 0.3) is 5.69 Å². The predicted molar refractivity (Wildman–Crippen MR) is 66.1 cm³/mol. The van der Waals surface area contributed by atoms with E-state index in [0.29, 0.717) is 11.4 Å². The van der Waals surface area contributed by atoms with Crippen LogP contribution in [0.3, 0.4) is 0 Å². The van der Waals surface area contributed by atoms with Gasteiger partial charge in [0.15, 0.2) is 11.5 Å². The first-order valence-corrected chi connectivity index (χ1v) is 5.75. The van der Waals surface area contributed by atoms with Crippen LogP contribution in [0.1, 0.15) is 23.1 Å². The molecule has 4 nitrogen and oxygen atoms in total. The van der Waals surface area contributed by atoms with E-state index < -0.39 is 5.82 Å². The lowest BCUT2D eigenvalue weighted by Gasteiger charge is -2.08. The van der Waals surface area contributed by atoms with Crippen molar-refractivity contribution >= 4 is 29.0 Å². The molecular formula is C11H8Cl2FN3O. The van der Waals surface area contributed by atoms with E-state index in [1.165, 1.54) is 11.6 Å². The maximum absolute atomic E-state index is 13.1. The van der Waals surface area contributed by atoms with Crippen molar-refractivity contribution in [1.82, 2.24) is 15.0 Å². The van der Waals surface area contributed by atoms with Crippen LogP contribution in [-0.2, 0) is 0 Å². The molecule has 0 radical (unpaired) electrons. The molecule has 2 rings (SSSR count). The van der Waals surface area contributed by atoms with Crippen molar-refractivity contribution in [2.45, 2.75) is 13.8 Å². The second-order valence-corrected chi connectivity index (χ2v) is 4.52. The van der Waals surface area contributed by atoms with Gasteiger partial charge in [0.1, 0.15) is 11.5 Å². The lowest BCUT2D eigenvalue weighted by Crippen LogP contribution is -2.03. The molecule has 0 fully saturated rings. The van der Waals surface area contributed by atoms with Crippen molar-refractivity contribution in [1.29, 1.82) is 0 Å². The van der Waals surface area contributed by atoms with Gasteiger partial charge in [-0.15, -0.1) is 5.10 Å². The minimum absolute atomic E-state index is 0.100. The molecule has 0 atom stereocenters. The summed E-state index contributed by atoms with van der Waals surface area (Å²) in [6.07, 6.45) is 0. The average Bonchev–Trinajstić information content (AvgIpc) is 2.59. The number of rotatable bonds is 2. The number of hydrogen-bond donors (Lipinski definition) is 0. The highest BCUT2D eigenvalue weighted by molar-refractivity contribution is 6.37. The van der Waals surface area contributed by atoms with Crippen LogP contribution in [0.5, 0.6) is 0 Å². The third-order valence-corrected chi connectivity index (χ3v) is 3.00. The minimum atomic E-state index is -0.543. The van der Waals surface area contributed by atoms with Gasteiger partial charge < -0.3 is 0 Å². The van der Waals surface area contributed by atoms with Crippen molar-refractivity contribution in [3.05, 3.63) is 39.4 Å². The Morgan fingerprint density at radius 2 is 1.89 bits per heavy atom. The van der Waals surface area contributed by atoms with E-state index in [9.17, 15) is 9.18 Å². The molecule has 0 N–H and O–H groups in total. The van der Waals surface area contributed by atoms with Crippen molar-refractivity contribution in [2.75, 3.05) is 0 Å². The summed E-state index contributed by atoms with van der Waals surface area (Å²) in [7, 11) is 0. The van der Waals surface area contributed by atoms with Crippen LogP contribution in [0, 0.1) is 12.7 Å². The quantitative estimate of drug-likeness (QED) is 0.797. The van der Waals surface area contributed by atoms with Gasteiger partial charge in [-0.25, -0.2) is 9.07 Å². The molecule has 1 heterocycles. The first-order valence-electron chi connectivity index (χ1n) is 5.00. The van der Waals surface area contributed by atoms with Gasteiger partial charge in [0, 0.05) is 6.92 Å². The fourth-order valence-corrected chi connectivity index (χ4v) is 2.22. The highest BCUT2D eigenvalue weighted by Crippen LogP contribution is 2.30. The number of carbonyl (C=O) groups is 1. The molecule has 0 aliphatic heterocycles. The molecule has 1 aromatic carbocycles. The Labute approximate surface area is 112 Å². The summed E-state index contributed by atoms with van der Waals surface area (Å²) in [5, 5.41) is 7.76. The summed E-state index contributed by atoms with van der Waals surface area (Å²) in [4.78, 5) is 11.3. The Bertz CT molecular complexity index is 616. The van der Waals surface area contributed by atoms with Gasteiger partial charge in [-0.2, -0.15) is 0 Å². The Morgan fingerprint density at radius 1 is 1.33 bits per heavy atom. The number of ketones is 1. The van der Waals surface area contributed by atoms with E-state index in [1.807, 2.05) is 0 Å². The van der Waals surface area contributed by atoms with E-state index in [-0.39, 0.29) is 21.5 Å². The molecule has 0 saturated heterocycles. The number of Topliss-reactive ketones (excluding diaryl/α,β-unsaturated/α-hetero) is 1. The topological polar surface area (TPSA) is 47.8 Å². The molecule has 18 heavy (non-hydrogen) atoms.